The summed E-state index contributed by atoms with van der Waals surface area (Å²) in [6, 6.07) is 5.62. The van der Waals surface area contributed by atoms with Gasteiger partial charge in [-0.25, -0.2) is 4.79 Å². The molecular weight excluding hydrogens is 431 g/mol. The van der Waals surface area contributed by atoms with E-state index in [-0.39, 0.29) is 5.97 Å². The highest BCUT2D eigenvalue weighted by Crippen LogP contribution is 2.28. The van der Waals surface area contributed by atoms with Crippen molar-refractivity contribution in [2.24, 2.45) is 0 Å². The quantitative estimate of drug-likeness (QED) is 0.130. The van der Waals surface area contributed by atoms with E-state index in [1.54, 1.807) is 13.2 Å². The predicted octanol–water partition coefficient (Wildman–Crippen LogP) is 5.43. The fourth-order valence-electron chi connectivity index (χ4n) is 2.17. The lowest BCUT2D eigenvalue weighted by Gasteiger charge is -2.10. The van der Waals surface area contributed by atoms with Gasteiger partial charge in [-0.3, -0.25) is 0 Å². The van der Waals surface area contributed by atoms with Crippen molar-refractivity contribution in [1.82, 2.24) is 0 Å². The highest BCUT2D eigenvalue weighted by atomic mass is 127. The van der Waals surface area contributed by atoms with Gasteiger partial charge in [0.15, 0.2) is 11.5 Å². The van der Waals surface area contributed by atoms with E-state index in [0.717, 1.165) is 37.0 Å². The number of methoxy groups -OCH3 is 1. The van der Waals surface area contributed by atoms with E-state index >= 15 is 0 Å². The molecule has 140 valence electrons. The zero-order valence-electron chi connectivity index (χ0n) is 15.3. The number of esters is 1. The molecule has 25 heavy (non-hydrogen) atoms. The molecule has 0 saturated carbocycles. The molecule has 0 N–H and O–H groups in total. The van der Waals surface area contributed by atoms with E-state index < -0.39 is 0 Å². The number of carbonyl (C=O) groups excluding carboxylic acids is 1. The highest BCUT2D eigenvalue weighted by molar-refractivity contribution is 14.1. The van der Waals surface area contributed by atoms with Crippen LogP contribution in [0.5, 0.6) is 11.5 Å². The number of benzene rings is 1. The van der Waals surface area contributed by atoms with Crippen LogP contribution < -0.4 is 9.47 Å². The summed E-state index contributed by atoms with van der Waals surface area (Å²) in [6.45, 7) is 3.28. The Hall–Kier alpha value is -1.24. The number of carbonyl (C=O) groups is 1. The van der Waals surface area contributed by atoms with E-state index in [2.05, 4.69) is 29.5 Å². The molecule has 0 aliphatic heterocycles. The van der Waals surface area contributed by atoms with Crippen LogP contribution in [0.4, 0.5) is 0 Å². The number of rotatable bonds is 13. The summed E-state index contributed by atoms with van der Waals surface area (Å²) in [4.78, 5) is 11.7. The first-order valence-electron chi connectivity index (χ1n) is 8.93. The average Bonchev–Trinajstić information content (AvgIpc) is 2.63. The van der Waals surface area contributed by atoms with E-state index in [9.17, 15) is 4.79 Å². The number of hydrogen-bond donors (Lipinski definition) is 0. The van der Waals surface area contributed by atoms with Crippen molar-refractivity contribution in [2.75, 3.05) is 24.8 Å². The Kier molecular flexibility index (Phi) is 12.2. The summed E-state index contributed by atoms with van der Waals surface area (Å²) in [5.41, 5.74) is 0.874. The molecule has 0 bridgehead atoms. The standard InChI is InChI=1S/C20H29IO4/c1-3-4-14-24-18-11-9-17(16-19(18)23-2)10-12-20(22)25-15-8-6-5-7-13-21/h9-12,16H,3-8,13-15H2,1-2H3. The van der Waals surface area contributed by atoms with Gasteiger partial charge in [-0.2, -0.15) is 0 Å². The summed E-state index contributed by atoms with van der Waals surface area (Å²) >= 11 is 2.38. The van der Waals surface area contributed by atoms with Crippen LogP contribution in [0.2, 0.25) is 0 Å². The fraction of sp³-hybridized carbons (Fsp3) is 0.550. The van der Waals surface area contributed by atoms with Crippen molar-refractivity contribution in [3.05, 3.63) is 29.8 Å². The van der Waals surface area contributed by atoms with E-state index in [1.165, 1.54) is 23.3 Å². The van der Waals surface area contributed by atoms with Crippen molar-refractivity contribution in [3.63, 3.8) is 0 Å². The Bertz CT molecular complexity index is 528. The van der Waals surface area contributed by atoms with Crippen molar-refractivity contribution in [3.8, 4) is 11.5 Å². The Morgan fingerprint density at radius 3 is 2.60 bits per heavy atom. The Morgan fingerprint density at radius 2 is 1.88 bits per heavy atom. The Balaban J connectivity index is 2.44. The summed E-state index contributed by atoms with van der Waals surface area (Å²) in [6.07, 6.45) is 9.74. The van der Waals surface area contributed by atoms with Gasteiger partial charge in [0.25, 0.3) is 0 Å². The average molecular weight is 460 g/mol. The van der Waals surface area contributed by atoms with Gasteiger partial charge in [-0.15, -0.1) is 0 Å². The van der Waals surface area contributed by atoms with Gasteiger partial charge in [-0.05, 0) is 47.5 Å². The minimum Gasteiger partial charge on any atom is -0.493 e. The van der Waals surface area contributed by atoms with Crippen LogP contribution in [0.15, 0.2) is 24.3 Å². The number of alkyl halides is 1. The molecule has 0 spiro atoms. The second-order valence-corrected chi connectivity index (χ2v) is 6.80. The van der Waals surface area contributed by atoms with E-state index in [1.807, 2.05) is 18.2 Å². The fourth-order valence-corrected chi connectivity index (χ4v) is 2.71. The van der Waals surface area contributed by atoms with Crippen LogP contribution in [0.25, 0.3) is 6.08 Å². The molecule has 4 nitrogen and oxygen atoms in total. The molecule has 0 aromatic heterocycles. The van der Waals surface area contributed by atoms with Crippen LogP contribution in [-0.2, 0) is 9.53 Å². The van der Waals surface area contributed by atoms with E-state index in [0.29, 0.717) is 19.0 Å². The molecule has 1 aromatic carbocycles. The summed E-state index contributed by atoms with van der Waals surface area (Å²) in [5, 5.41) is 0. The minimum atomic E-state index is -0.309. The number of unbranched alkanes of at least 4 members (excludes halogenated alkanes) is 4. The lowest BCUT2D eigenvalue weighted by Crippen LogP contribution is -2.02. The van der Waals surface area contributed by atoms with Crippen LogP contribution in [0.1, 0.15) is 51.0 Å². The maximum absolute atomic E-state index is 11.7. The minimum absolute atomic E-state index is 0.309. The number of halogens is 1. The Labute approximate surface area is 165 Å². The predicted molar refractivity (Wildman–Crippen MR) is 111 cm³/mol. The number of hydrogen-bond acceptors (Lipinski definition) is 4. The zero-order chi connectivity index (χ0) is 18.3. The van der Waals surface area contributed by atoms with Crippen molar-refractivity contribution in [2.45, 2.75) is 45.4 Å². The molecule has 0 unspecified atom stereocenters. The second kappa shape index (κ2) is 14.0. The molecule has 0 aliphatic rings. The van der Waals surface area contributed by atoms with Crippen molar-refractivity contribution >= 4 is 34.6 Å². The van der Waals surface area contributed by atoms with Gasteiger partial charge in [0, 0.05) is 6.08 Å². The highest BCUT2D eigenvalue weighted by Gasteiger charge is 2.05. The zero-order valence-corrected chi connectivity index (χ0v) is 17.4. The van der Waals surface area contributed by atoms with Gasteiger partial charge in [-0.1, -0.05) is 54.8 Å². The Morgan fingerprint density at radius 1 is 1.08 bits per heavy atom. The maximum atomic E-state index is 11.7. The first kappa shape index (κ1) is 21.8. The summed E-state index contributed by atoms with van der Waals surface area (Å²) in [7, 11) is 1.61. The third-order valence-corrected chi connectivity index (χ3v) is 4.39. The first-order chi connectivity index (χ1) is 12.2. The molecule has 1 aromatic rings. The molecule has 0 radical (unpaired) electrons. The van der Waals surface area contributed by atoms with Gasteiger partial charge in [0.1, 0.15) is 0 Å². The third-order valence-electron chi connectivity index (χ3n) is 3.63. The maximum Gasteiger partial charge on any atom is 0.330 e. The van der Waals surface area contributed by atoms with Crippen LogP contribution in [0, 0.1) is 0 Å². The molecule has 0 amide bonds. The van der Waals surface area contributed by atoms with Gasteiger partial charge < -0.3 is 14.2 Å². The van der Waals surface area contributed by atoms with Crippen molar-refractivity contribution < 1.29 is 19.0 Å². The first-order valence-corrected chi connectivity index (χ1v) is 10.5. The largest absolute Gasteiger partial charge is 0.493 e. The smallest absolute Gasteiger partial charge is 0.330 e. The lowest BCUT2D eigenvalue weighted by molar-refractivity contribution is -0.137. The third kappa shape index (κ3) is 9.72. The molecule has 0 atom stereocenters. The van der Waals surface area contributed by atoms with Crippen molar-refractivity contribution in [1.29, 1.82) is 0 Å². The normalized spacial score (nSPS) is 10.8. The van der Waals surface area contributed by atoms with Crippen LogP contribution >= 0.6 is 22.6 Å². The molecule has 1 rings (SSSR count). The lowest BCUT2D eigenvalue weighted by atomic mass is 10.2. The van der Waals surface area contributed by atoms with Gasteiger partial charge >= 0.3 is 5.97 Å². The van der Waals surface area contributed by atoms with E-state index in [4.69, 9.17) is 14.2 Å². The van der Waals surface area contributed by atoms with Gasteiger partial charge in [0.2, 0.25) is 0 Å². The van der Waals surface area contributed by atoms with Crippen LogP contribution in [0.3, 0.4) is 0 Å². The molecule has 0 fully saturated rings. The molecule has 0 aliphatic carbocycles. The van der Waals surface area contributed by atoms with Crippen LogP contribution in [-0.4, -0.2) is 30.7 Å². The molecule has 5 heteroatoms. The molecular formula is C20H29IO4. The topological polar surface area (TPSA) is 44.8 Å². The summed E-state index contributed by atoms with van der Waals surface area (Å²) < 4.78 is 17.5. The SMILES string of the molecule is CCCCOc1ccc(C=CC(=O)OCCCCCCI)cc1OC. The monoisotopic (exact) mass is 460 g/mol. The van der Waals surface area contributed by atoms with Gasteiger partial charge in [0.05, 0.1) is 20.3 Å². The molecule has 0 saturated heterocycles. The number of ether oxygens (including phenoxy) is 3. The summed E-state index contributed by atoms with van der Waals surface area (Å²) in [5.74, 6) is 1.08. The second-order valence-electron chi connectivity index (χ2n) is 5.72. The molecule has 0 heterocycles.